The average Bonchev–Trinajstić information content (AvgIpc) is 2.98. The Balaban J connectivity index is 1.75. The lowest BCUT2D eigenvalue weighted by molar-refractivity contribution is 0.226. The molecule has 1 aromatic heterocycles. The fraction of sp³-hybridized carbons (Fsp3) is 0.269. The molecule has 1 aliphatic rings. The molecule has 146 valence electrons. The van der Waals surface area contributed by atoms with Gasteiger partial charge in [-0.25, -0.2) is 4.98 Å². The minimum absolute atomic E-state index is 0.0366. The number of hydrogen-bond acceptors (Lipinski definition) is 2. The highest BCUT2D eigenvalue weighted by Crippen LogP contribution is 2.49. The average molecular weight is 398 g/mol. The molecule has 2 nitrogen and oxygen atoms in total. The van der Waals surface area contributed by atoms with Gasteiger partial charge in [-0.15, -0.1) is 0 Å². The molecule has 0 radical (unpaired) electrons. The lowest BCUT2D eigenvalue weighted by Gasteiger charge is -2.38. The van der Waals surface area contributed by atoms with E-state index in [1.165, 1.54) is 32.8 Å². The molecule has 0 saturated heterocycles. The van der Waals surface area contributed by atoms with Crippen molar-refractivity contribution in [2.45, 2.75) is 45.0 Å². The maximum atomic E-state index is 6.95. The van der Waals surface area contributed by atoms with E-state index in [0.717, 1.165) is 11.2 Å². The minimum Gasteiger partial charge on any atom is -0.406 e. The first kappa shape index (κ1) is 18.5. The summed E-state index contributed by atoms with van der Waals surface area (Å²) in [5.41, 5.74) is 5.82. The number of benzene rings is 3. The van der Waals surface area contributed by atoms with Crippen LogP contribution in [0.4, 0.5) is 0 Å². The summed E-state index contributed by atoms with van der Waals surface area (Å²) >= 11 is 0. The van der Waals surface area contributed by atoms with Crippen LogP contribution in [0.3, 0.4) is 0 Å². The van der Waals surface area contributed by atoms with Gasteiger partial charge in [0, 0.05) is 21.9 Å². The molecule has 1 unspecified atom stereocenters. The predicted octanol–water partition coefficient (Wildman–Crippen LogP) is 7.48. The van der Waals surface area contributed by atoms with E-state index in [9.17, 15) is 0 Å². The van der Waals surface area contributed by atoms with E-state index in [1.807, 2.05) is 0 Å². The second-order valence-electron chi connectivity index (χ2n) is 9.63. The van der Waals surface area contributed by atoms with Gasteiger partial charge in [0.25, 0.3) is 0 Å². The molecule has 0 N–H and O–H groups in total. The molecule has 0 amide bonds. The highest BCUT2D eigenvalue weighted by molar-refractivity contribution is 6.74. The molecule has 29 heavy (non-hydrogen) atoms. The van der Waals surface area contributed by atoms with Gasteiger partial charge in [-0.05, 0) is 35.1 Å². The number of aromatic nitrogens is 1. The van der Waals surface area contributed by atoms with Crippen LogP contribution in [0.25, 0.3) is 32.9 Å². The Morgan fingerprint density at radius 3 is 2.31 bits per heavy atom. The van der Waals surface area contributed by atoms with Gasteiger partial charge in [-0.1, -0.05) is 81.4 Å². The molecule has 4 aromatic rings. The molecule has 1 heterocycles. The minimum atomic E-state index is -1.95. The number of fused-ring (bicyclic) bond motifs is 6. The molecule has 0 spiro atoms. The van der Waals surface area contributed by atoms with E-state index in [4.69, 9.17) is 9.41 Å². The first-order chi connectivity index (χ1) is 13.8. The quantitative estimate of drug-likeness (QED) is 0.258. The van der Waals surface area contributed by atoms with Crippen molar-refractivity contribution in [3.05, 3.63) is 77.9 Å². The summed E-state index contributed by atoms with van der Waals surface area (Å²) < 4.78 is 6.95. The summed E-state index contributed by atoms with van der Waals surface area (Å²) in [7, 11) is -1.95. The molecular weight excluding hydrogens is 370 g/mol. The fourth-order valence-electron chi connectivity index (χ4n) is 4.05. The molecule has 0 bridgehead atoms. The van der Waals surface area contributed by atoms with Gasteiger partial charge in [-0.3, -0.25) is 0 Å². The molecule has 3 heteroatoms. The normalized spacial score (nSPS) is 16.2. The molecule has 3 aromatic carbocycles. The van der Waals surface area contributed by atoms with E-state index in [2.05, 4.69) is 101 Å². The van der Waals surface area contributed by atoms with Crippen LogP contribution in [0.15, 0.2) is 66.7 Å². The van der Waals surface area contributed by atoms with Crippen LogP contribution in [0.2, 0.25) is 18.1 Å². The van der Waals surface area contributed by atoms with Crippen LogP contribution < -0.4 is 0 Å². The maximum Gasteiger partial charge on any atom is 0.193 e. The third-order valence-corrected chi connectivity index (χ3v) is 11.2. The number of rotatable bonds is 2. The van der Waals surface area contributed by atoms with Crippen molar-refractivity contribution in [3.8, 4) is 11.3 Å². The van der Waals surface area contributed by atoms with Crippen molar-refractivity contribution in [3.63, 3.8) is 0 Å². The SMILES string of the molecule is CC(C)(C)[Si](C)(C)OC1c2ccccc2-c2nc3c(ccc4ccccc43)cc21. The highest BCUT2D eigenvalue weighted by Gasteiger charge is 2.42. The summed E-state index contributed by atoms with van der Waals surface area (Å²) in [4.78, 5) is 5.20. The fourth-order valence-corrected chi connectivity index (χ4v) is 5.25. The first-order valence-corrected chi connectivity index (χ1v) is 13.3. The zero-order valence-electron chi connectivity index (χ0n) is 17.8. The topological polar surface area (TPSA) is 22.1 Å². The molecule has 1 atom stereocenters. The maximum absolute atomic E-state index is 6.95. The van der Waals surface area contributed by atoms with E-state index >= 15 is 0 Å². The van der Waals surface area contributed by atoms with Crippen LogP contribution in [-0.4, -0.2) is 13.3 Å². The molecule has 0 fully saturated rings. The summed E-state index contributed by atoms with van der Waals surface area (Å²) in [5.74, 6) is 0. The zero-order chi connectivity index (χ0) is 20.4. The second kappa shape index (κ2) is 6.25. The van der Waals surface area contributed by atoms with Crippen LogP contribution in [0.5, 0.6) is 0 Å². The van der Waals surface area contributed by atoms with Gasteiger partial charge in [0.05, 0.1) is 17.3 Å². The summed E-state index contributed by atoms with van der Waals surface area (Å²) in [5, 5.41) is 3.77. The van der Waals surface area contributed by atoms with Crippen molar-refractivity contribution in [2.75, 3.05) is 0 Å². The standard InChI is InChI=1S/C26H27NOSi/c1-26(2,3)29(4,5)28-25-21-13-9-8-12-20(21)24-22(25)16-18-15-14-17-10-6-7-11-19(17)23(18)27-24/h6-16,25H,1-5H3. The summed E-state index contributed by atoms with van der Waals surface area (Å²) in [6.45, 7) is 11.6. The molecular formula is C26H27NOSi. The number of hydrogen-bond donors (Lipinski definition) is 0. The lowest BCUT2D eigenvalue weighted by Crippen LogP contribution is -2.41. The van der Waals surface area contributed by atoms with Gasteiger partial charge in [-0.2, -0.15) is 0 Å². The van der Waals surface area contributed by atoms with Gasteiger partial charge < -0.3 is 4.43 Å². The van der Waals surface area contributed by atoms with Crippen LogP contribution in [0, 0.1) is 0 Å². The highest BCUT2D eigenvalue weighted by atomic mass is 28.4. The van der Waals surface area contributed by atoms with Crippen molar-refractivity contribution < 1.29 is 4.43 Å². The third-order valence-electron chi connectivity index (χ3n) is 6.74. The smallest absolute Gasteiger partial charge is 0.193 e. The Bertz CT molecular complexity index is 1250. The Hall–Kier alpha value is -2.49. The summed E-state index contributed by atoms with van der Waals surface area (Å²) in [6, 6.07) is 23.8. The first-order valence-electron chi connectivity index (χ1n) is 10.4. The molecule has 0 saturated carbocycles. The molecule has 1 aliphatic carbocycles. The molecule has 5 rings (SSSR count). The van der Waals surface area contributed by atoms with E-state index in [0.29, 0.717) is 0 Å². The van der Waals surface area contributed by atoms with Crippen molar-refractivity contribution in [2.24, 2.45) is 0 Å². The lowest BCUT2D eigenvalue weighted by atomic mass is 10.0. The largest absolute Gasteiger partial charge is 0.406 e. The van der Waals surface area contributed by atoms with E-state index < -0.39 is 8.32 Å². The van der Waals surface area contributed by atoms with Crippen LogP contribution in [-0.2, 0) is 4.43 Å². The van der Waals surface area contributed by atoms with E-state index in [-0.39, 0.29) is 11.1 Å². The third kappa shape index (κ3) is 2.84. The van der Waals surface area contributed by atoms with E-state index in [1.54, 1.807) is 0 Å². The van der Waals surface area contributed by atoms with Crippen molar-refractivity contribution >= 4 is 30.0 Å². The van der Waals surface area contributed by atoms with Crippen molar-refractivity contribution in [1.29, 1.82) is 0 Å². The Morgan fingerprint density at radius 2 is 1.52 bits per heavy atom. The second-order valence-corrected chi connectivity index (χ2v) is 14.4. The Kier molecular flexibility index (Phi) is 3.99. The van der Waals surface area contributed by atoms with Gasteiger partial charge in [0.1, 0.15) is 0 Å². The summed E-state index contributed by atoms with van der Waals surface area (Å²) in [6.07, 6.45) is -0.0366. The van der Waals surface area contributed by atoms with Gasteiger partial charge >= 0.3 is 0 Å². The zero-order valence-corrected chi connectivity index (χ0v) is 18.8. The van der Waals surface area contributed by atoms with Gasteiger partial charge in [0.2, 0.25) is 0 Å². The Labute approximate surface area is 173 Å². The number of nitrogens with zero attached hydrogens (tertiary/aromatic N) is 1. The molecule has 0 aliphatic heterocycles. The van der Waals surface area contributed by atoms with Gasteiger partial charge in [0.15, 0.2) is 8.32 Å². The van der Waals surface area contributed by atoms with Crippen LogP contribution in [0.1, 0.15) is 38.0 Å². The number of pyridine rings is 1. The Morgan fingerprint density at radius 1 is 0.828 bits per heavy atom. The van der Waals surface area contributed by atoms with Crippen LogP contribution >= 0.6 is 0 Å². The van der Waals surface area contributed by atoms with Crippen molar-refractivity contribution in [1.82, 2.24) is 4.98 Å². The predicted molar refractivity (Wildman–Crippen MR) is 125 cm³/mol. The monoisotopic (exact) mass is 397 g/mol.